The number of halogens is 1. The van der Waals surface area contributed by atoms with Crippen LogP contribution < -0.4 is 53.2 Å². The predicted octanol–water partition coefficient (Wildman–Crippen LogP) is 21.7. The maximum absolute atomic E-state index is 14.2. The number of hydrogen-bond donors (Lipinski definition) is 0. The van der Waals surface area contributed by atoms with Crippen LogP contribution in [0.4, 0.5) is 5.69 Å². The minimum absolute atomic E-state index is 0.0697. The summed E-state index contributed by atoms with van der Waals surface area (Å²) in [5, 5.41) is 7.22. The number of allylic oxidation sites excluding steroid dienone is 4. The van der Waals surface area contributed by atoms with E-state index in [1.165, 1.54) is 161 Å². The molecule has 0 spiro atoms. The van der Waals surface area contributed by atoms with Crippen LogP contribution in [0.5, 0.6) is 57.5 Å². The summed E-state index contributed by atoms with van der Waals surface area (Å²) in [6, 6.07) is 43.7. The average molecular weight is 1970 g/mol. The Labute approximate surface area is 822 Å². The van der Waals surface area contributed by atoms with Crippen molar-refractivity contribution in [1.29, 1.82) is 0 Å². The first kappa shape index (κ1) is 99.7. The Hall–Kier alpha value is -13.8. The normalized spacial score (nSPS) is 19.8. The van der Waals surface area contributed by atoms with E-state index in [4.69, 9.17) is 59.9 Å². The molecule has 5 aliphatic rings. The fourth-order valence-corrected chi connectivity index (χ4v) is 20.9. The minimum Gasteiger partial charge on any atom is -0.497 e. The summed E-state index contributed by atoms with van der Waals surface area (Å²) in [4.78, 5) is 243. The molecule has 15 rings (SSSR count). The van der Waals surface area contributed by atoms with Gasteiger partial charge < -0.3 is 23.8 Å². The Morgan fingerprint density at radius 3 is 0.835 bits per heavy atom. The van der Waals surface area contributed by atoms with Crippen LogP contribution >= 0.6 is 56.9 Å². The Balaban J connectivity index is 0.499. The second-order valence-corrected chi connectivity index (χ2v) is 39.1. The second kappa shape index (κ2) is 47.0. The number of ether oxygens (including phenoxy) is 4. The number of amides is 1. The first-order chi connectivity index (χ1) is 67.3. The van der Waals surface area contributed by atoms with Crippen LogP contribution in [0.1, 0.15) is 200 Å². The van der Waals surface area contributed by atoms with Gasteiger partial charge in [0.05, 0.1) is 56.2 Å². The van der Waals surface area contributed by atoms with E-state index >= 15 is 0 Å². The molecule has 4 aromatic heterocycles. The van der Waals surface area contributed by atoms with Crippen molar-refractivity contribution >= 4 is 174 Å². The van der Waals surface area contributed by atoms with E-state index in [0.29, 0.717) is 73.5 Å². The van der Waals surface area contributed by atoms with Gasteiger partial charge in [0.2, 0.25) is 46.3 Å². The number of benzene rings is 6. The Morgan fingerprint density at radius 2 is 0.547 bits per heavy atom. The highest BCUT2D eigenvalue weighted by Crippen LogP contribution is 2.43. The minimum atomic E-state index is -0.665. The first-order valence-corrected chi connectivity index (χ1v) is 49.8. The summed E-state index contributed by atoms with van der Waals surface area (Å²) < 4.78 is 22.4. The number of rotatable bonds is 41. The van der Waals surface area contributed by atoms with E-state index in [0.717, 1.165) is 0 Å². The van der Waals surface area contributed by atoms with Crippen molar-refractivity contribution in [3.63, 3.8) is 0 Å². The molecule has 26 nitrogen and oxygen atoms in total. The molecule has 716 valence electrons. The molecule has 5 aliphatic carbocycles. The predicted molar refractivity (Wildman–Crippen MR) is 523 cm³/mol. The summed E-state index contributed by atoms with van der Waals surface area (Å²) >= 11 is 11.6. The third-order valence-electron chi connectivity index (χ3n) is 26.2. The molecule has 5 fully saturated rings. The summed E-state index contributed by atoms with van der Waals surface area (Å²) in [7, 11) is 4.67. The highest BCUT2D eigenvalue weighted by atomic mass is 35.5. The van der Waals surface area contributed by atoms with Crippen molar-refractivity contribution in [2.24, 2.45) is 59.2 Å². The summed E-state index contributed by atoms with van der Waals surface area (Å²) in [6.45, 7) is 0. The van der Waals surface area contributed by atoms with Gasteiger partial charge in [0, 0.05) is 88.4 Å². The fraction of sp³-hybridized carbons (Fsp3) is 0.306. The monoisotopic (exact) mass is 1970 g/mol. The molecular weight excluding hydrogens is 1870 g/mol. The number of anilines is 1. The molecule has 0 unspecified atom stereocenters. The lowest BCUT2D eigenvalue weighted by molar-refractivity contribution is -0.146. The molecule has 1 amide bonds. The fourth-order valence-electron chi connectivity index (χ4n) is 18.0. The lowest BCUT2D eigenvalue weighted by Gasteiger charge is -2.31. The maximum atomic E-state index is 14.2. The molecule has 6 aromatic carbocycles. The van der Waals surface area contributed by atoms with Gasteiger partial charge in [-0.25, -0.2) is 0 Å². The van der Waals surface area contributed by atoms with Crippen molar-refractivity contribution < 1.29 is 120 Å². The summed E-state index contributed by atoms with van der Waals surface area (Å²) in [5.74, 6) is -10.7. The van der Waals surface area contributed by atoms with Crippen LogP contribution in [0, 0.1) is 59.2 Å². The summed E-state index contributed by atoms with van der Waals surface area (Å²) in [6.07, 6.45) is 16.7. The molecule has 139 heavy (non-hydrogen) atoms. The van der Waals surface area contributed by atoms with E-state index in [-0.39, 0.29) is 199 Å². The van der Waals surface area contributed by atoms with Crippen LogP contribution in [-0.4, -0.2) is 109 Å². The van der Waals surface area contributed by atoms with Crippen LogP contribution in [-0.2, 0) is 47.9 Å². The molecule has 31 heteroatoms. The number of Topliss-reactive ketones (excluding diaryl/α,β-unsaturated/α-hetero) is 8. The van der Waals surface area contributed by atoms with Crippen molar-refractivity contribution in [1.82, 2.24) is 0 Å². The number of carbonyl (C=O) groups is 15. The van der Waals surface area contributed by atoms with E-state index in [9.17, 15) is 71.9 Å². The third kappa shape index (κ3) is 25.4. The van der Waals surface area contributed by atoms with Gasteiger partial charge in [0.25, 0.3) is 5.91 Å². The quantitative estimate of drug-likeness (QED) is 0.00653. The van der Waals surface area contributed by atoms with Gasteiger partial charge >= 0.3 is 11.9 Å². The van der Waals surface area contributed by atoms with E-state index in [2.05, 4.69) is 0 Å². The van der Waals surface area contributed by atoms with E-state index < -0.39 is 117 Å². The number of methoxy groups -OCH3 is 2. The largest absolute Gasteiger partial charge is 0.497 e. The Bertz CT molecular complexity index is 6370. The van der Waals surface area contributed by atoms with Crippen molar-refractivity contribution in [3.8, 4) is 57.5 Å². The zero-order chi connectivity index (χ0) is 97.8. The standard InChI is InChI=1S/C108H98ClNO25S4/c1-110(77-36-38-78(126-2)39-37-77)106(123)84-45-40-80(62-85(84)109)128-107(124)71-28-24-69(25-29-71)104(121)102(119)67-20-16-65(17-21-67)100(117)98(115)63-12-14-64(15-13-63)99(116)101(118)66-18-22-68(23-19-66)103(120)105(122)70-26-30-72(31-27-70)108(125)129-90-50-42-81(59-73(90)32-46-86(111)94-8-4-54-136-94)130-134-92-52-44-83(61-75(92)34-48-88(113)96-10-6-56-138-96)132-135-93-53-43-82(60-76(93)35-49-89(114)97-11-7-57-139-97)131-133-91-51-41-79(127-3)58-74(91)33-47-87(112)95-9-5-55-137-95/h4-11,32-72H,12-31H2,1-3H3/b46-32+,47-33+,48-34+,49-35+. The van der Waals surface area contributed by atoms with Gasteiger partial charge in [-0.05, 0) is 332 Å². The zero-order valence-corrected chi connectivity index (χ0v) is 80.1. The smallest absolute Gasteiger partial charge is 0.314 e. The number of nitrogens with zero attached hydrogens (tertiary/aromatic N) is 1. The van der Waals surface area contributed by atoms with Crippen molar-refractivity contribution in [2.45, 2.75) is 128 Å². The highest BCUT2D eigenvalue weighted by molar-refractivity contribution is 7.13. The van der Waals surface area contributed by atoms with E-state index in [1.54, 1.807) is 140 Å². The molecule has 5 saturated carbocycles. The number of esters is 2. The third-order valence-corrected chi connectivity index (χ3v) is 30.0. The van der Waals surface area contributed by atoms with Crippen molar-refractivity contribution in [3.05, 3.63) is 262 Å². The van der Waals surface area contributed by atoms with Crippen LogP contribution in [0.25, 0.3) is 24.3 Å². The van der Waals surface area contributed by atoms with Gasteiger partial charge in [0.1, 0.15) is 23.0 Å². The van der Waals surface area contributed by atoms with E-state index in [1.807, 2.05) is 5.38 Å². The van der Waals surface area contributed by atoms with Gasteiger partial charge in [-0.1, -0.05) is 35.9 Å². The van der Waals surface area contributed by atoms with Gasteiger partial charge in [-0.3, -0.25) is 101 Å². The lowest BCUT2D eigenvalue weighted by atomic mass is 9.70. The average Bonchev–Trinajstić information content (AvgIpc) is 1.57. The molecule has 0 aliphatic heterocycles. The maximum Gasteiger partial charge on any atom is 0.314 e. The van der Waals surface area contributed by atoms with Crippen LogP contribution in [0.15, 0.2) is 210 Å². The SMILES string of the molecule is COc1ccc(N(C)C(=O)c2ccc(OC(=O)C3CCC(C(=O)C(=O)C4CCC(C(=O)C(=O)C5CCC(C(=O)C(=O)C6CCC(C(=O)C(=O)C7CCC(C(=O)Oc8ccc(OOc9ccc(OOc%10ccc(OOc%11ccc(OC)cc%11/C=C/C(=O)c%11cccs%11)cc%10/C=C/C(=O)c%10cccs%10)cc9/C=C/C(=O)c9cccs9)cc8/C=C/C(=O)c8cccs8)CC7)CC6)CC5)CC4)CC3)cc2Cl)cc1. The first-order valence-electron chi connectivity index (χ1n) is 45.9. The second-order valence-electron chi connectivity index (χ2n) is 34.9. The topological polar surface area (TPSA) is 352 Å². The van der Waals surface area contributed by atoms with Gasteiger partial charge in [-0.15, -0.1) is 45.3 Å². The molecule has 10 aromatic rings. The Kier molecular flexibility index (Phi) is 33.7. The molecule has 0 atom stereocenters. The lowest BCUT2D eigenvalue weighted by Crippen LogP contribution is -2.39. The molecule has 0 saturated heterocycles. The molecule has 4 heterocycles. The Morgan fingerprint density at radius 1 is 0.288 bits per heavy atom. The molecular formula is C108H98ClNO25S4. The molecule has 0 bridgehead atoms. The van der Waals surface area contributed by atoms with Crippen LogP contribution in [0.2, 0.25) is 5.02 Å². The van der Waals surface area contributed by atoms with Crippen molar-refractivity contribution in [2.75, 3.05) is 26.2 Å². The molecule has 0 N–H and O–H groups in total. The van der Waals surface area contributed by atoms with Crippen LogP contribution in [0.3, 0.4) is 0 Å². The molecule has 0 radical (unpaired) electrons. The zero-order valence-electron chi connectivity index (χ0n) is 76.1. The number of hydrogen-bond acceptors (Lipinski definition) is 29. The van der Waals surface area contributed by atoms with Gasteiger partial charge in [-0.2, -0.15) is 0 Å². The number of thiophene rings is 4. The highest BCUT2D eigenvalue weighted by Gasteiger charge is 2.44. The summed E-state index contributed by atoms with van der Waals surface area (Å²) in [5.41, 5.74) is 2.15. The number of ketones is 12. The number of carbonyl (C=O) groups excluding carboxylic acids is 15. The van der Waals surface area contributed by atoms with Gasteiger partial charge in [0.15, 0.2) is 57.6 Å².